The van der Waals surface area contributed by atoms with Gasteiger partial charge in [0.2, 0.25) is 5.96 Å². The molecule has 1 aliphatic heterocycles. The lowest BCUT2D eigenvalue weighted by Gasteiger charge is -2.25. The number of hydroxylamine groups is 2. The van der Waals surface area contributed by atoms with Crippen molar-refractivity contribution in [3.05, 3.63) is 0 Å². The quantitative estimate of drug-likeness (QED) is 0.357. The van der Waals surface area contributed by atoms with Crippen molar-refractivity contribution in [2.45, 2.75) is 71.1 Å². The van der Waals surface area contributed by atoms with Crippen LogP contribution < -0.4 is 5.73 Å². The number of guanidine groups is 1. The molecule has 0 aromatic heterocycles. The standard InChI is InChI=1S/C13H27N3O4S/c1-2-3-4-5-6-7-8-9-10-11-12-15-13(14)16-19-21(17,18)20-16/h2-12H2,1H3,(H2,14,15). The second-order valence-corrected chi connectivity index (χ2v) is 6.35. The van der Waals surface area contributed by atoms with Crippen LogP contribution in [0.5, 0.6) is 0 Å². The highest BCUT2D eigenvalue weighted by Gasteiger charge is 2.37. The smallest absolute Gasteiger partial charge is 0.366 e. The summed E-state index contributed by atoms with van der Waals surface area (Å²) in [7, 11) is -3.86. The minimum Gasteiger partial charge on any atom is -0.366 e. The van der Waals surface area contributed by atoms with Crippen LogP contribution in [0.15, 0.2) is 4.99 Å². The average Bonchev–Trinajstić information content (AvgIpc) is 2.41. The lowest BCUT2D eigenvalue weighted by molar-refractivity contribution is -0.269. The summed E-state index contributed by atoms with van der Waals surface area (Å²) < 4.78 is 29.7. The van der Waals surface area contributed by atoms with Gasteiger partial charge in [-0.3, -0.25) is 0 Å². The molecule has 1 aliphatic rings. The zero-order valence-corrected chi connectivity index (χ0v) is 13.6. The SMILES string of the molecule is CCCCCCCCCCCCN=C(N)N1OS(=O)(=O)O1. The fourth-order valence-electron chi connectivity index (χ4n) is 2.10. The minimum absolute atomic E-state index is 0.0688. The topological polar surface area (TPSA) is 94.2 Å². The summed E-state index contributed by atoms with van der Waals surface area (Å²) in [6.07, 6.45) is 12.5. The molecule has 21 heavy (non-hydrogen) atoms. The van der Waals surface area contributed by atoms with Crippen molar-refractivity contribution in [3.63, 3.8) is 0 Å². The molecule has 0 aromatic carbocycles. The van der Waals surface area contributed by atoms with Crippen LogP contribution in [0, 0.1) is 0 Å². The molecule has 2 N–H and O–H groups in total. The van der Waals surface area contributed by atoms with Gasteiger partial charge in [-0.05, 0) is 6.42 Å². The van der Waals surface area contributed by atoms with Crippen LogP contribution in [0.25, 0.3) is 0 Å². The maximum absolute atomic E-state index is 10.6. The second-order valence-electron chi connectivity index (χ2n) is 5.24. The van der Waals surface area contributed by atoms with Gasteiger partial charge in [-0.15, -0.1) is 0 Å². The summed E-state index contributed by atoms with van der Waals surface area (Å²) >= 11 is 0. The van der Waals surface area contributed by atoms with E-state index in [-0.39, 0.29) is 5.96 Å². The zero-order chi connectivity index (χ0) is 15.6. The van der Waals surface area contributed by atoms with Crippen molar-refractivity contribution in [3.8, 4) is 0 Å². The number of rotatable bonds is 11. The maximum Gasteiger partial charge on any atom is 0.446 e. The molecular weight excluding hydrogens is 294 g/mol. The van der Waals surface area contributed by atoms with Crippen LogP contribution in [-0.2, 0) is 19.0 Å². The van der Waals surface area contributed by atoms with E-state index in [1.165, 1.54) is 51.4 Å². The van der Waals surface area contributed by atoms with Crippen molar-refractivity contribution in [2.24, 2.45) is 10.7 Å². The summed E-state index contributed by atoms with van der Waals surface area (Å²) in [4.78, 5) is 3.99. The molecule has 0 aliphatic carbocycles. The first-order valence-corrected chi connectivity index (χ1v) is 9.12. The first-order valence-electron chi connectivity index (χ1n) is 7.79. The Bertz CT molecular complexity index is 400. The molecule has 0 atom stereocenters. The Morgan fingerprint density at radius 2 is 1.43 bits per heavy atom. The molecule has 0 amide bonds. The number of hydrogen-bond acceptors (Lipinski definition) is 5. The van der Waals surface area contributed by atoms with Crippen LogP contribution in [-0.4, -0.2) is 26.1 Å². The minimum atomic E-state index is -3.86. The third kappa shape index (κ3) is 8.23. The number of nitrogens with two attached hydrogens (primary N) is 1. The molecule has 0 aromatic rings. The van der Waals surface area contributed by atoms with E-state index in [0.29, 0.717) is 11.8 Å². The molecule has 0 bridgehead atoms. The highest BCUT2D eigenvalue weighted by atomic mass is 32.3. The van der Waals surface area contributed by atoms with E-state index < -0.39 is 10.4 Å². The highest BCUT2D eigenvalue weighted by Crippen LogP contribution is 2.15. The predicted molar refractivity (Wildman–Crippen MR) is 81.3 cm³/mol. The normalized spacial score (nSPS) is 17.8. The molecule has 124 valence electrons. The van der Waals surface area contributed by atoms with Gasteiger partial charge in [0.25, 0.3) is 0 Å². The van der Waals surface area contributed by atoms with Gasteiger partial charge in [-0.25, -0.2) is 4.99 Å². The molecule has 0 unspecified atom stereocenters. The van der Waals surface area contributed by atoms with Gasteiger partial charge in [0.05, 0.1) is 0 Å². The molecule has 1 fully saturated rings. The van der Waals surface area contributed by atoms with Crippen molar-refractivity contribution < 1.29 is 17.0 Å². The Morgan fingerprint density at radius 3 is 1.90 bits per heavy atom. The molecule has 0 spiro atoms. The lowest BCUT2D eigenvalue weighted by atomic mass is 10.1. The Kier molecular flexibility index (Phi) is 8.63. The lowest BCUT2D eigenvalue weighted by Crippen LogP contribution is -2.49. The van der Waals surface area contributed by atoms with E-state index in [9.17, 15) is 8.42 Å². The summed E-state index contributed by atoms with van der Waals surface area (Å²) in [5.41, 5.74) is 5.48. The van der Waals surface area contributed by atoms with E-state index in [2.05, 4.69) is 20.5 Å². The van der Waals surface area contributed by atoms with Gasteiger partial charge in [-0.1, -0.05) is 78.5 Å². The molecule has 1 heterocycles. The number of hydrogen-bond donors (Lipinski definition) is 1. The molecule has 8 heteroatoms. The van der Waals surface area contributed by atoms with Gasteiger partial charge < -0.3 is 5.73 Å². The molecule has 7 nitrogen and oxygen atoms in total. The van der Waals surface area contributed by atoms with Crippen LogP contribution in [0.3, 0.4) is 0 Å². The van der Waals surface area contributed by atoms with Crippen molar-refractivity contribution in [1.82, 2.24) is 5.23 Å². The van der Waals surface area contributed by atoms with Crippen LogP contribution in [0.2, 0.25) is 0 Å². The van der Waals surface area contributed by atoms with Gasteiger partial charge in [0.15, 0.2) is 0 Å². The Labute approximate surface area is 127 Å². The third-order valence-corrected chi connectivity index (χ3v) is 3.93. The Hall–Kier alpha value is -0.860. The largest absolute Gasteiger partial charge is 0.446 e. The van der Waals surface area contributed by atoms with Crippen molar-refractivity contribution in [1.29, 1.82) is 0 Å². The summed E-state index contributed by atoms with van der Waals surface area (Å²) in [5, 5.41) is 0.603. The van der Waals surface area contributed by atoms with E-state index in [1.807, 2.05) is 0 Å². The third-order valence-electron chi connectivity index (χ3n) is 3.29. The van der Waals surface area contributed by atoms with Crippen LogP contribution in [0.4, 0.5) is 0 Å². The predicted octanol–water partition coefficient (Wildman–Crippen LogP) is 2.65. The monoisotopic (exact) mass is 321 g/mol. The van der Waals surface area contributed by atoms with E-state index >= 15 is 0 Å². The zero-order valence-electron chi connectivity index (χ0n) is 12.8. The second kappa shape index (κ2) is 9.97. The van der Waals surface area contributed by atoms with Crippen molar-refractivity contribution in [2.75, 3.05) is 6.54 Å². The molecule has 0 saturated carbocycles. The fraction of sp³-hybridized carbons (Fsp3) is 0.923. The fourth-order valence-corrected chi connectivity index (χ4v) is 2.59. The van der Waals surface area contributed by atoms with Gasteiger partial charge in [0, 0.05) is 6.54 Å². The molecule has 1 rings (SSSR count). The molecule has 1 saturated heterocycles. The highest BCUT2D eigenvalue weighted by molar-refractivity contribution is 7.82. The van der Waals surface area contributed by atoms with Crippen molar-refractivity contribution >= 4 is 16.4 Å². The van der Waals surface area contributed by atoms with E-state index in [0.717, 1.165) is 12.8 Å². The summed E-state index contributed by atoms with van der Waals surface area (Å²) in [6.45, 7) is 2.78. The molecule has 0 radical (unpaired) electrons. The summed E-state index contributed by atoms with van der Waals surface area (Å²) in [5.74, 6) is -0.0688. The first kappa shape index (κ1) is 18.2. The van der Waals surface area contributed by atoms with Gasteiger partial charge >= 0.3 is 10.4 Å². The molecular formula is C13H27N3O4S. The Morgan fingerprint density at radius 1 is 0.952 bits per heavy atom. The van der Waals surface area contributed by atoms with Gasteiger partial charge in [0.1, 0.15) is 0 Å². The maximum atomic E-state index is 10.6. The number of aliphatic imine (C=N–C) groups is 1. The van der Waals surface area contributed by atoms with E-state index in [1.54, 1.807) is 0 Å². The van der Waals surface area contributed by atoms with Crippen LogP contribution >= 0.6 is 0 Å². The van der Waals surface area contributed by atoms with E-state index in [4.69, 9.17) is 5.73 Å². The first-order chi connectivity index (χ1) is 10.0. The summed E-state index contributed by atoms with van der Waals surface area (Å²) in [6, 6.07) is 0. The number of nitrogens with zero attached hydrogens (tertiary/aromatic N) is 2. The Balaban J connectivity index is 1.88. The van der Waals surface area contributed by atoms with Crippen LogP contribution in [0.1, 0.15) is 71.1 Å². The van der Waals surface area contributed by atoms with Gasteiger partial charge in [-0.2, -0.15) is 8.42 Å². The number of unbranched alkanes of at least 4 members (excludes halogenated alkanes) is 9. The average molecular weight is 321 g/mol.